The molecule has 34 heavy (non-hydrogen) atoms. The minimum Gasteiger partial charge on any atom is -0.495 e. The van der Waals surface area contributed by atoms with Gasteiger partial charge < -0.3 is 15.2 Å². The lowest BCUT2D eigenvalue weighted by Crippen LogP contribution is -2.39. The molecule has 2 aromatic carbocycles. The molecule has 174 valence electrons. The summed E-state index contributed by atoms with van der Waals surface area (Å²) in [5.41, 5.74) is 2.07. The number of halogens is 2. The summed E-state index contributed by atoms with van der Waals surface area (Å²) in [6.45, 7) is -0.352. The van der Waals surface area contributed by atoms with Crippen LogP contribution in [0.5, 0.6) is 5.75 Å². The zero-order chi connectivity index (χ0) is 24.1. The van der Waals surface area contributed by atoms with Gasteiger partial charge in [0, 0.05) is 23.7 Å². The first-order valence-electron chi connectivity index (χ1n) is 10.5. The van der Waals surface area contributed by atoms with Gasteiger partial charge in [0.2, 0.25) is 0 Å². The van der Waals surface area contributed by atoms with Gasteiger partial charge in [-0.1, -0.05) is 6.07 Å². The molecular formula is C25H22F2N4O3. The smallest absolute Gasteiger partial charge is 0.252 e. The quantitative estimate of drug-likeness (QED) is 0.369. The Morgan fingerprint density at radius 2 is 1.94 bits per heavy atom. The molecule has 0 fully saturated rings. The van der Waals surface area contributed by atoms with Gasteiger partial charge in [0.25, 0.3) is 5.91 Å². The first kappa shape index (κ1) is 23.1. The molecule has 1 amide bonds. The Morgan fingerprint density at radius 1 is 1.15 bits per heavy atom. The minimum atomic E-state index is -0.677. The van der Waals surface area contributed by atoms with Crippen molar-refractivity contribution in [1.29, 1.82) is 0 Å². The predicted octanol–water partition coefficient (Wildman–Crippen LogP) is 3.76. The molecule has 0 saturated carbocycles. The van der Waals surface area contributed by atoms with E-state index in [9.17, 15) is 18.7 Å². The highest BCUT2D eigenvalue weighted by atomic mass is 19.1. The van der Waals surface area contributed by atoms with E-state index in [2.05, 4.69) is 20.5 Å². The van der Waals surface area contributed by atoms with Gasteiger partial charge in [0.15, 0.2) is 0 Å². The molecule has 0 aliphatic heterocycles. The van der Waals surface area contributed by atoms with Crippen LogP contribution in [-0.2, 0) is 6.42 Å². The molecule has 4 aromatic rings. The monoisotopic (exact) mass is 464 g/mol. The number of hydrogen-bond donors (Lipinski definition) is 3. The fraction of sp³-hybridized carbons (Fsp3) is 0.160. The van der Waals surface area contributed by atoms with Crippen molar-refractivity contribution in [3.8, 4) is 28.3 Å². The highest BCUT2D eigenvalue weighted by Crippen LogP contribution is 2.29. The van der Waals surface area contributed by atoms with Crippen LogP contribution in [0.1, 0.15) is 16.1 Å². The summed E-state index contributed by atoms with van der Waals surface area (Å²) < 4.78 is 33.4. The number of methoxy groups -OCH3 is 1. The standard InChI is InChI=1S/C25H22F2N4O3/c1-34-23-6-3-11-28-21(23)12-17(14-32)29-25(33)18-4-2-5-19(27)24(18)22-13-20(30-31-22)15-7-9-16(26)10-8-15/h2-11,13,17,32H,12,14H2,1H3,(H,29,33)(H,30,31)/t17-/m1/s1. The van der Waals surface area contributed by atoms with E-state index in [-0.39, 0.29) is 35.7 Å². The van der Waals surface area contributed by atoms with Gasteiger partial charge in [0.1, 0.15) is 17.4 Å². The third-order valence-electron chi connectivity index (χ3n) is 5.31. The summed E-state index contributed by atoms with van der Waals surface area (Å²) in [5.74, 6) is -1.03. The molecule has 9 heteroatoms. The Bertz CT molecular complexity index is 1290. The Balaban J connectivity index is 1.60. The van der Waals surface area contributed by atoms with Crippen LogP contribution in [0.4, 0.5) is 8.78 Å². The second kappa shape index (κ2) is 10.2. The number of rotatable bonds is 8. The summed E-state index contributed by atoms with van der Waals surface area (Å²) in [4.78, 5) is 17.4. The molecule has 0 saturated heterocycles. The zero-order valence-corrected chi connectivity index (χ0v) is 18.3. The summed E-state index contributed by atoms with van der Waals surface area (Å²) in [7, 11) is 1.51. The van der Waals surface area contributed by atoms with E-state index >= 15 is 0 Å². The maximum Gasteiger partial charge on any atom is 0.252 e. The topological polar surface area (TPSA) is 100 Å². The van der Waals surface area contributed by atoms with Crippen LogP contribution in [0.3, 0.4) is 0 Å². The molecule has 7 nitrogen and oxygen atoms in total. The lowest BCUT2D eigenvalue weighted by molar-refractivity contribution is 0.0916. The van der Waals surface area contributed by atoms with Gasteiger partial charge in [-0.3, -0.25) is 14.9 Å². The van der Waals surface area contributed by atoms with E-state index in [0.29, 0.717) is 22.7 Å². The van der Waals surface area contributed by atoms with Gasteiger partial charge in [-0.25, -0.2) is 8.78 Å². The van der Waals surface area contributed by atoms with Gasteiger partial charge >= 0.3 is 0 Å². The SMILES string of the molecule is COc1cccnc1C[C@H](CO)NC(=O)c1cccc(F)c1-c1cc(-c2ccc(F)cc2)n[nH]1. The number of aromatic nitrogens is 3. The van der Waals surface area contributed by atoms with Crippen LogP contribution < -0.4 is 10.1 Å². The highest BCUT2D eigenvalue weighted by molar-refractivity contribution is 6.01. The molecule has 2 heterocycles. The van der Waals surface area contributed by atoms with E-state index in [4.69, 9.17) is 4.74 Å². The summed E-state index contributed by atoms with van der Waals surface area (Å²) in [6, 6.07) is 14.3. The summed E-state index contributed by atoms with van der Waals surface area (Å²) in [5, 5.41) is 19.5. The molecule has 0 radical (unpaired) electrons. The molecule has 4 rings (SSSR count). The number of carbonyl (C=O) groups excluding carboxylic acids is 1. The number of benzene rings is 2. The number of amides is 1. The van der Waals surface area contributed by atoms with E-state index in [0.717, 1.165) is 0 Å². The molecule has 0 spiro atoms. The normalized spacial score (nSPS) is 11.8. The lowest BCUT2D eigenvalue weighted by Gasteiger charge is -2.18. The molecule has 0 aliphatic rings. The third-order valence-corrected chi connectivity index (χ3v) is 5.31. The first-order chi connectivity index (χ1) is 16.5. The molecule has 1 atom stereocenters. The van der Waals surface area contributed by atoms with Crippen LogP contribution in [0.15, 0.2) is 66.9 Å². The van der Waals surface area contributed by atoms with Crippen molar-refractivity contribution in [2.24, 2.45) is 0 Å². The van der Waals surface area contributed by atoms with E-state index in [1.165, 1.54) is 37.4 Å². The van der Waals surface area contributed by atoms with Gasteiger partial charge in [-0.15, -0.1) is 0 Å². The number of hydrogen-bond acceptors (Lipinski definition) is 5. The molecule has 0 unspecified atom stereocenters. The summed E-state index contributed by atoms with van der Waals surface area (Å²) in [6.07, 6.45) is 1.81. The van der Waals surface area contributed by atoms with Crippen molar-refractivity contribution in [2.45, 2.75) is 12.5 Å². The summed E-state index contributed by atoms with van der Waals surface area (Å²) >= 11 is 0. The Kier molecular flexibility index (Phi) is 6.93. The van der Waals surface area contributed by atoms with Crippen LogP contribution in [0, 0.1) is 11.6 Å². The van der Waals surface area contributed by atoms with Crippen molar-refractivity contribution in [3.63, 3.8) is 0 Å². The van der Waals surface area contributed by atoms with E-state index in [1.54, 1.807) is 36.5 Å². The molecule has 0 bridgehead atoms. The fourth-order valence-corrected chi connectivity index (χ4v) is 3.63. The van der Waals surface area contributed by atoms with Crippen LogP contribution >= 0.6 is 0 Å². The van der Waals surface area contributed by atoms with Crippen molar-refractivity contribution >= 4 is 5.91 Å². The van der Waals surface area contributed by atoms with Crippen LogP contribution in [0.2, 0.25) is 0 Å². The molecule has 3 N–H and O–H groups in total. The van der Waals surface area contributed by atoms with E-state index < -0.39 is 17.8 Å². The number of H-pyrrole nitrogens is 1. The van der Waals surface area contributed by atoms with Gasteiger partial charge in [-0.2, -0.15) is 5.10 Å². The lowest BCUT2D eigenvalue weighted by atomic mass is 10.0. The van der Waals surface area contributed by atoms with E-state index in [1.807, 2.05) is 0 Å². The molecular weight excluding hydrogens is 442 g/mol. The molecule has 2 aromatic heterocycles. The maximum atomic E-state index is 14.9. The highest BCUT2D eigenvalue weighted by Gasteiger charge is 2.22. The van der Waals surface area contributed by atoms with Crippen molar-refractivity contribution in [3.05, 3.63) is 89.8 Å². The number of ether oxygens (including phenoxy) is 1. The number of nitrogens with zero attached hydrogens (tertiary/aromatic N) is 2. The Morgan fingerprint density at radius 3 is 2.68 bits per heavy atom. The predicted molar refractivity (Wildman–Crippen MR) is 122 cm³/mol. The average Bonchev–Trinajstić information content (AvgIpc) is 3.33. The average molecular weight is 464 g/mol. The molecule has 0 aliphatic carbocycles. The Labute approximate surface area is 194 Å². The fourth-order valence-electron chi connectivity index (χ4n) is 3.63. The van der Waals surface area contributed by atoms with Crippen molar-refractivity contribution in [2.75, 3.05) is 13.7 Å². The minimum absolute atomic E-state index is 0.0352. The number of carbonyl (C=O) groups is 1. The number of aliphatic hydroxyl groups is 1. The number of aromatic amines is 1. The van der Waals surface area contributed by atoms with Crippen molar-refractivity contribution in [1.82, 2.24) is 20.5 Å². The second-order valence-corrected chi connectivity index (χ2v) is 7.55. The third kappa shape index (κ3) is 4.94. The zero-order valence-electron chi connectivity index (χ0n) is 18.3. The first-order valence-corrected chi connectivity index (χ1v) is 10.5. The number of aliphatic hydroxyl groups excluding tert-OH is 1. The largest absolute Gasteiger partial charge is 0.495 e. The second-order valence-electron chi connectivity index (χ2n) is 7.55. The van der Waals surface area contributed by atoms with Gasteiger partial charge in [0.05, 0.1) is 42.4 Å². The maximum absolute atomic E-state index is 14.9. The van der Waals surface area contributed by atoms with Crippen LogP contribution in [0.25, 0.3) is 22.5 Å². The Hall–Kier alpha value is -4.11. The van der Waals surface area contributed by atoms with Crippen molar-refractivity contribution < 1.29 is 23.4 Å². The van der Waals surface area contributed by atoms with Gasteiger partial charge in [-0.05, 0) is 54.6 Å². The number of nitrogens with one attached hydrogen (secondary N) is 2. The number of pyridine rings is 1. The van der Waals surface area contributed by atoms with Crippen LogP contribution in [-0.4, -0.2) is 46.0 Å².